The molecule has 6 heteroatoms. The van der Waals surface area contributed by atoms with E-state index < -0.39 is 11.6 Å². The summed E-state index contributed by atoms with van der Waals surface area (Å²) in [4.78, 5) is 27.3. The number of ether oxygens (including phenoxy) is 1. The second-order valence-corrected chi connectivity index (χ2v) is 6.91. The SMILES string of the molecule is CC=CC(CN1CCN(C(=O)OC(C)(C)C)CC1)=C(CC)C(=O)O. The maximum absolute atomic E-state index is 12.1. The first-order valence-corrected chi connectivity index (χ1v) is 8.46. The van der Waals surface area contributed by atoms with E-state index in [1.54, 1.807) is 4.90 Å². The summed E-state index contributed by atoms with van der Waals surface area (Å²) in [5.74, 6) is -0.863. The molecule has 0 atom stereocenters. The van der Waals surface area contributed by atoms with Crippen molar-refractivity contribution in [1.29, 1.82) is 0 Å². The number of hydrogen-bond donors (Lipinski definition) is 1. The van der Waals surface area contributed by atoms with Crippen molar-refractivity contribution in [2.24, 2.45) is 0 Å². The number of carbonyl (C=O) groups is 2. The number of piperazine rings is 1. The van der Waals surface area contributed by atoms with Crippen LogP contribution in [0.2, 0.25) is 0 Å². The van der Waals surface area contributed by atoms with Gasteiger partial charge in [0.1, 0.15) is 5.60 Å². The van der Waals surface area contributed by atoms with Gasteiger partial charge in [0.25, 0.3) is 0 Å². The molecule has 1 amide bonds. The molecule has 1 fully saturated rings. The first kappa shape index (κ1) is 20.2. The summed E-state index contributed by atoms with van der Waals surface area (Å²) in [6.45, 7) is 12.5. The van der Waals surface area contributed by atoms with Crippen LogP contribution < -0.4 is 0 Å². The van der Waals surface area contributed by atoms with Gasteiger partial charge in [-0.2, -0.15) is 0 Å². The largest absolute Gasteiger partial charge is 0.478 e. The number of nitrogens with zero attached hydrogens (tertiary/aromatic N) is 2. The fourth-order valence-corrected chi connectivity index (χ4v) is 2.62. The van der Waals surface area contributed by atoms with Gasteiger partial charge in [-0.1, -0.05) is 19.1 Å². The highest BCUT2D eigenvalue weighted by atomic mass is 16.6. The molecule has 1 heterocycles. The lowest BCUT2D eigenvalue weighted by atomic mass is 10.0. The summed E-state index contributed by atoms with van der Waals surface area (Å²) in [5.41, 5.74) is 0.786. The second-order valence-electron chi connectivity index (χ2n) is 6.91. The summed E-state index contributed by atoms with van der Waals surface area (Å²) in [7, 11) is 0. The highest BCUT2D eigenvalue weighted by Crippen LogP contribution is 2.16. The van der Waals surface area contributed by atoms with Crippen molar-refractivity contribution in [2.45, 2.75) is 46.6 Å². The normalized spacial score (nSPS) is 17.8. The van der Waals surface area contributed by atoms with Crippen LogP contribution >= 0.6 is 0 Å². The Hall–Kier alpha value is -1.82. The molecular weight excluding hydrogens is 308 g/mol. The molecule has 0 aromatic rings. The first-order valence-electron chi connectivity index (χ1n) is 8.46. The molecule has 0 saturated carbocycles. The van der Waals surface area contributed by atoms with Gasteiger partial charge in [0.15, 0.2) is 0 Å². The van der Waals surface area contributed by atoms with Crippen LogP contribution in [0.4, 0.5) is 4.79 Å². The standard InChI is InChI=1S/C18H30N2O4/c1-6-8-14(15(7-2)16(21)22)13-19-9-11-20(12-10-19)17(23)24-18(3,4)5/h6,8H,7,9-13H2,1-5H3,(H,21,22). The Labute approximate surface area is 144 Å². The third-order valence-corrected chi connectivity index (χ3v) is 3.79. The zero-order valence-electron chi connectivity index (χ0n) is 15.5. The van der Waals surface area contributed by atoms with E-state index >= 15 is 0 Å². The summed E-state index contributed by atoms with van der Waals surface area (Å²) in [6.07, 6.45) is 3.94. The molecule has 1 rings (SSSR count). The lowest BCUT2D eigenvalue weighted by Crippen LogP contribution is -2.50. The third-order valence-electron chi connectivity index (χ3n) is 3.79. The number of allylic oxidation sites excluding steroid dienone is 1. The first-order chi connectivity index (χ1) is 11.2. The van der Waals surface area contributed by atoms with Crippen LogP contribution in [0.1, 0.15) is 41.0 Å². The van der Waals surface area contributed by atoms with Gasteiger partial charge in [0.05, 0.1) is 0 Å². The number of aliphatic carboxylic acids is 1. The minimum atomic E-state index is -0.863. The van der Waals surface area contributed by atoms with Crippen LogP contribution in [0.3, 0.4) is 0 Å². The Kier molecular flexibility index (Phi) is 7.48. The van der Waals surface area contributed by atoms with Crippen LogP contribution in [0, 0.1) is 0 Å². The molecule has 136 valence electrons. The predicted octanol–water partition coefficient (Wildman–Crippen LogP) is 2.91. The Morgan fingerprint density at radius 1 is 1.17 bits per heavy atom. The van der Waals surface area contributed by atoms with Gasteiger partial charge in [-0.05, 0) is 39.7 Å². The van der Waals surface area contributed by atoms with Gasteiger partial charge in [0.2, 0.25) is 0 Å². The smallest absolute Gasteiger partial charge is 0.410 e. The molecular formula is C18H30N2O4. The molecule has 24 heavy (non-hydrogen) atoms. The average Bonchev–Trinajstić information content (AvgIpc) is 2.46. The Balaban J connectivity index is 2.67. The van der Waals surface area contributed by atoms with Crippen molar-refractivity contribution >= 4 is 12.1 Å². The van der Waals surface area contributed by atoms with Crippen LogP contribution in [-0.4, -0.2) is 65.3 Å². The monoisotopic (exact) mass is 338 g/mol. The minimum absolute atomic E-state index is 0.286. The molecule has 6 nitrogen and oxygen atoms in total. The molecule has 0 spiro atoms. The van der Waals surface area contributed by atoms with Gasteiger partial charge in [-0.25, -0.2) is 9.59 Å². The second kappa shape index (κ2) is 8.87. The summed E-state index contributed by atoms with van der Waals surface area (Å²) >= 11 is 0. The van der Waals surface area contributed by atoms with Crippen molar-refractivity contribution < 1.29 is 19.4 Å². The lowest BCUT2D eigenvalue weighted by molar-refractivity contribution is -0.132. The number of hydrogen-bond acceptors (Lipinski definition) is 4. The van der Waals surface area contributed by atoms with Crippen molar-refractivity contribution in [3.8, 4) is 0 Å². The molecule has 1 saturated heterocycles. The maximum Gasteiger partial charge on any atom is 0.410 e. The fraction of sp³-hybridized carbons (Fsp3) is 0.667. The van der Waals surface area contributed by atoms with Crippen LogP contribution in [0.25, 0.3) is 0 Å². The topological polar surface area (TPSA) is 70.1 Å². The zero-order chi connectivity index (χ0) is 18.3. The molecule has 1 aliphatic rings. The molecule has 0 unspecified atom stereocenters. The van der Waals surface area contributed by atoms with Crippen LogP contribution in [-0.2, 0) is 9.53 Å². The fourth-order valence-electron chi connectivity index (χ4n) is 2.62. The van der Waals surface area contributed by atoms with E-state index in [1.165, 1.54) is 0 Å². The van der Waals surface area contributed by atoms with Gasteiger partial charge in [-0.15, -0.1) is 0 Å². The Bertz CT molecular complexity index is 510. The van der Waals surface area contributed by atoms with E-state index in [2.05, 4.69) is 4.90 Å². The third kappa shape index (κ3) is 6.35. The molecule has 0 aromatic carbocycles. The number of carboxylic acids is 1. The maximum atomic E-state index is 12.1. The van der Waals surface area contributed by atoms with Crippen molar-refractivity contribution in [3.63, 3.8) is 0 Å². The van der Waals surface area contributed by atoms with Gasteiger partial charge in [0, 0.05) is 38.3 Å². The molecule has 1 N–H and O–H groups in total. The van der Waals surface area contributed by atoms with Gasteiger partial charge >= 0.3 is 12.1 Å². The highest BCUT2D eigenvalue weighted by Gasteiger charge is 2.26. The van der Waals surface area contributed by atoms with Crippen molar-refractivity contribution in [3.05, 3.63) is 23.3 Å². The van der Waals surface area contributed by atoms with E-state index in [9.17, 15) is 14.7 Å². The van der Waals surface area contributed by atoms with E-state index in [0.717, 1.165) is 5.57 Å². The average molecular weight is 338 g/mol. The molecule has 0 aliphatic carbocycles. The van der Waals surface area contributed by atoms with E-state index in [1.807, 2.05) is 46.8 Å². The molecule has 0 bridgehead atoms. The van der Waals surface area contributed by atoms with Crippen LogP contribution in [0.15, 0.2) is 23.3 Å². The summed E-state index contributed by atoms with van der Waals surface area (Å²) in [6, 6.07) is 0. The minimum Gasteiger partial charge on any atom is -0.478 e. The van der Waals surface area contributed by atoms with Crippen molar-refractivity contribution in [1.82, 2.24) is 9.80 Å². The Morgan fingerprint density at radius 2 is 1.75 bits per heavy atom. The van der Waals surface area contributed by atoms with E-state index in [0.29, 0.717) is 44.7 Å². The summed E-state index contributed by atoms with van der Waals surface area (Å²) < 4.78 is 5.39. The van der Waals surface area contributed by atoms with E-state index in [-0.39, 0.29) is 6.09 Å². The molecule has 0 radical (unpaired) electrons. The number of rotatable bonds is 5. The van der Waals surface area contributed by atoms with Gasteiger partial charge < -0.3 is 14.7 Å². The molecule has 1 aliphatic heterocycles. The number of carboxylic acid groups (broad SMARTS) is 1. The summed E-state index contributed by atoms with van der Waals surface area (Å²) in [5, 5.41) is 9.34. The highest BCUT2D eigenvalue weighted by molar-refractivity contribution is 5.88. The van der Waals surface area contributed by atoms with Crippen LogP contribution in [0.5, 0.6) is 0 Å². The number of amides is 1. The molecule has 0 aromatic heterocycles. The Morgan fingerprint density at radius 3 is 2.17 bits per heavy atom. The number of carbonyl (C=O) groups excluding carboxylic acids is 1. The quantitative estimate of drug-likeness (QED) is 0.616. The van der Waals surface area contributed by atoms with Gasteiger partial charge in [-0.3, -0.25) is 4.90 Å². The van der Waals surface area contributed by atoms with E-state index in [4.69, 9.17) is 4.74 Å². The van der Waals surface area contributed by atoms with Crippen molar-refractivity contribution in [2.75, 3.05) is 32.7 Å². The zero-order valence-corrected chi connectivity index (χ0v) is 15.5. The lowest BCUT2D eigenvalue weighted by Gasteiger charge is -2.35. The predicted molar refractivity (Wildman–Crippen MR) is 94.0 cm³/mol.